The smallest absolute Gasteiger partial charge is 0.253 e. The summed E-state index contributed by atoms with van der Waals surface area (Å²) in [7, 11) is 0. The van der Waals surface area contributed by atoms with Gasteiger partial charge in [-0.05, 0) is 49.9 Å². The van der Waals surface area contributed by atoms with Crippen LogP contribution in [0.2, 0.25) is 0 Å². The van der Waals surface area contributed by atoms with Crippen molar-refractivity contribution in [2.45, 2.75) is 44.8 Å². The number of hydrogen-bond donors (Lipinski definition) is 2. The van der Waals surface area contributed by atoms with Crippen molar-refractivity contribution in [2.75, 3.05) is 31.2 Å². The van der Waals surface area contributed by atoms with Gasteiger partial charge in [0.15, 0.2) is 0 Å². The van der Waals surface area contributed by atoms with E-state index in [9.17, 15) is 4.79 Å². The highest BCUT2D eigenvalue weighted by atomic mass is 16.5. The molecule has 0 saturated carbocycles. The topological polar surface area (TPSA) is 98.3 Å². The van der Waals surface area contributed by atoms with Crippen molar-refractivity contribution in [3.8, 4) is 0 Å². The fourth-order valence-corrected chi connectivity index (χ4v) is 5.46. The molecular formula is C25H30N6O2. The van der Waals surface area contributed by atoms with E-state index < -0.39 is 0 Å². The predicted octanol–water partition coefficient (Wildman–Crippen LogP) is 1.90. The molecule has 3 aromatic rings. The number of aromatic nitrogens is 3. The molecule has 1 aliphatic carbocycles. The van der Waals surface area contributed by atoms with E-state index in [0.29, 0.717) is 5.56 Å². The Balaban J connectivity index is 1.13. The molecule has 2 fully saturated rings. The number of rotatable bonds is 4. The Kier molecular flexibility index (Phi) is 4.88. The Hall–Kier alpha value is -2.97. The Labute approximate surface area is 193 Å². The monoisotopic (exact) mass is 446 g/mol. The summed E-state index contributed by atoms with van der Waals surface area (Å²) in [6.07, 6.45) is 6.23. The lowest BCUT2D eigenvalue weighted by Crippen LogP contribution is -2.54. The molecule has 3 aliphatic rings. The Bertz CT molecular complexity index is 1220. The summed E-state index contributed by atoms with van der Waals surface area (Å²) >= 11 is 0. The number of amides is 1. The number of carbonyl (C=O) groups is 1. The molecule has 3 N–H and O–H groups in total. The molecule has 2 saturated heterocycles. The minimum absolute atomic E-state index is 0.0641. The molecule has 8 nitrogen and oxygen atoms in total. The molecule has 2 aliphatic heterocycles. The molecular weight excluding hydrogens is 416 g/mol. The fraction of sp³-hybridized carbons (Fsp3) is 0.480. The number of anilines is 1. The minimum atomic E-state index is -0.0641. The van der Waals surface area contributed by atoms with Gasteiger partial charge in [-0.3, -0.25) is 4.79 Å². The first-order valence-electron chi connectivity index (χ1n) is 11.9. The van der Waals surface area contributed by atoms with Crippen molar-refractivity contribution in [3.63, 3.8) is 0 Å². The summed E-state index contributed by atoms with van der Waals surface area (Å²) in [4.78, 5) is 24.7. The first kappa shape index (κ1) is 20.6. The van der Waals surface area contributed by atoms with Crippen LogP contribution in [0.25, 0.3) is 11.0 Å². The number of nitrogens with zero attached hydrogens (tertiary/aromatic N) is 4. The molecule has 5 heterocycles. The molecule has 0 bridgehead atoms. The second-order valence-electron chi connectivity index (χ2n) is 9.77. The number of hydrogen-bond acceptors (Lipinski definition) is 6. The highest BCUT2D eigenvalue weighted by Gasteiger charge is 2.50. The van der Waals surface area contributed by atoms with Crippen LogP contribution in [0.15, 0.2) is 36.7 Å². The number of nitrogens with two attached hydrogens (primary N) is 1. The SMILES string of the molecule is CCn1ccc2cc(C(=O)N[C@H]3CCc4nc(N5C[C@H](N)C6(COC6)C5)ccc4C3)cnc21. The maximum atomic E-state index is 12.9. The molecule has 3 aromatic heterocycles. The van der Waals surface area contributed by atoms with Crippen molar-refractivity contribution in [1.29, 1.82) is 0 Å². The third-order valence-corrected chi connectivity index (χ3v) is 7.60. The van der Waals surface area contributed by atoms with E-state index in [1.807, 2.05) is 18.3 Å². The van der Waals surface area contributed by atoms with Crippen LogP contribution in [0.4, 0.5) is 5.82 Å². The summed E-state index contributed by atoms with van der Waals surface area (Å²) in [6.45, 7) is 6.19. The van der Waals surface area contributed by atoms with Crippen LogP contribution in [-0.4, -0.2) is 58.8 Å². The quantitative estimate of drug-likeness (QED) is 0.635. The summed E-state index contributed by atoms with van der Waals surface area (Å²) in [6, 6.07) is 8.45. The summed E-state index contributed by atoms with van der Waals surface area (Å²) < 4.78 is 7.52. The van der Waals surface area contributed by atoms with E-state index in [0.717, 1.165) is 74.7 Å². The summed E-state index contributed by atoms with van der Waals surface area (Å²) in [5, 5.41) is 4.20. The van der Waals surface area contributed by atoms with Crippen molar-refractivity contribution in [3.05, 3.63) is 53.5 Å². The first-order valence-corrected chi connectivity index (χ1v) is 11.9. The van der Waals surface area contributed by atoms with Gasteiger partial charge in [0.05, 0.1) is 24.2 Å². The fourth-order valence-electron chi connectivity index (χ4n) is 5.46. The van der Waals surface area contributed by atoms with Gasteiger partial charge in [0, 0.05) is 55.2 Å². The van der Waals surface area contributed by atoms with E-state index >= 15 is 0 Å². The molecule has 6 rings (SSSR count). The molecule has 2 atom stereocenters. The Morgan fingerprint density at radius 2 is 2.21 bits per heavy atom. The van der Waals surface area contributed by atoms with Crippen LogP contribution < -0.4 is 16.0 Å². The van der Waals surface area contributed by atoms with Crippen LogP contribution in [0.1, 0.15) is 35.0 Å². The van der Waals surface area contributed by atoms with E-state index in [1.165, 1.54) is 5.56 Å². The lowest BCUT2D eigenvalue weighted by molar-refractivity contribution is -0.106. The van der Waals surface area contributed by atoms with Crippen LogP contribution in [-0.2, 0) is 24.1 Å². The summed E-state index contributed by atoms with van der Waals surface area (Å²) in [5.41, 5.74) is 10.4. The molecule has 172 valence electrons. The van der Waals surface area contributed by atoms with Gasteiger partial charge in [0.2, 0.25) is 0 Å². The zero-order valence-corrected chi connectivity index (χ0v) is 19.0. The first-order chi connectivity index (χ1) is 16.0. The van der Waals surface area contributed by atoms with E-state index in [2.05, 4.69) is 38.8 Å². The maximum absolute atomic E-state index is 12.9. The molecule has 1 amide bonds. The number of fused-ring (bicyclic) bond motifs is 2. The second kappa shape index (κ2) is 7.81. The van der Waals surface area contributed by atoms with Gasteiger partial charge in [-0.1, -0.05) is 6.07 Å². The van der Waals surface area contributed by atoms with E-state index in [-0.39, 0.29) is 23.4 Å². The van der Waals surface area contributed by atoms with Gasteiger partial charge in [-0.15, -0.1) is 0 Å². The van der Waals surface area contributed by atoms with Crippen LogP contribution in [0, 0.1) is 5.41 Å². The van der Waals surface area contributed by atoms with Gasteiger partial charge >= 0.3 is 0 Å². The second-order valence-corrected chi connectivity index (χ2v) is 9.77. The lowest BCUT2D eigenvalue weighted by atomic mass is 9.82. The summed E-state index contributed by atoms with van der Waals surface area (Å²) in [5.74, 6) is 0.944. The molecule has 0 radical (unpaired) electrons. The zero-order valence-electron chi connectivity index (χ0n) is 19.0. The van der Waals surface area contributed by atoms with Gasteiger partial charge in [0.25, 0.3) is 5.91 Å². The van der Waals surface area contributed by atoms with Crippen LogP contribution >= 0.6 is 0 Å². The van der Waals surface area contributed by atoms with Gasteiger partial charge < -0.3 is 25.3 Å². The largest absolute Gasteiger partial charge is 0.380 e. The molecule has 0 aromatic carbocycles. The van der Waals surface area contributed by atoms with Gasteiger partial charge in [-0.25, -0.2) is 9.97 Å². The van der Waals surface area contributed by atoms with Crippen molar-refractivity contribution < 1.29 is 9.53 Å². The lowest BCUT2D eigenvalue weighted by Gasteiger charge is -2.40. The normalized spacial score (nSPS) is 23.5. The van der Waals surface area contributed by atoms with Crippen molar-refractivity contribution >= 4 is 22.8 Å². The van der Waals surface area contributed by atoms with E-state index in [4.69, 9.17) is 15.5 Å². The van der Waals surface area contributed by atoms with E-state index in [1.54, 1.807) is 6.20 Å². The average molecular weight is 447 g/mol. The molecule has 1 spiro atoms. The molecule has 0 unspecified atom stereocenters. The minimum Gasteiger partial charge on any atom is -0.380 e. The number of ether oxygens (including phenoxy) is 1. The Morgan fingerprint density at radius 3 is 2.97 bits per heavy atom. The number of aryl methyl sites for hydroxylation is 2. The highest BCUT2D eigenvalue weighted by molar-refractivity contribution is 5.97. The number of carbonyl (C=O) groups excluding carboxylic acids is 1. The Morgan fingerprint density at radius 1 is 1.33 bits per heavy atom. The van der Waals surface area contributed by atoms with Gasteiger partial charge in [-0.2, -0.15) is 0 Å². The molecule has 8 heteroatoms. The number of nitrogens with one attached hydrogen (secondary N) is 1. The average Bonchev–Trinajstić information content (AvgIpc) is 3.38. The third kappa shape index (κ3) is 3.48. The van der Waals surface area contributed by atoms with Crippen molar-refractivity contribution in [2.24, 2.45) is 11.1 Å². The number of pyridine rings is 2. The predicted molar refractivity (Wildman–Crippen MR) is 126 cm³/mol. The van der Waals surface area contributed by atoms with Crippen LogP contribution in [0.3, 0.4) is 0 Å². The highest BCUT2D eigenvalue weighted by Crippen LogP contribution is 2.38. The van der Waals surface area contributed by atoms with Crippen LogP contribution in [0.5, 0.6) is 0 Å². The molecule has 33 heavy (non-hydrogen) atoms. The van der Waals surface area contributed by atoms with Gasteiger partial charge in [0.1, 0.15) is 11.5 Å². The zero-order chi connectivity index (χ0) is 22.6. The maximum Gasteiger partial charge on any atom is 0.253 e. The standard InChI is InChI=1S/C25H30N6O2/c1-2-30-8-7-17-9-18(11-27-23(17)30)24(32)28-19-4-5-20-16(10-19)3-6-22(29-20)31-12-21(26)25(13-31)14-33-15-25/h3,6-9,11,19,21H,2,4-5,10,12-15,26H2,1H3,(H,28,32)/t19-,21-/m0/s1. The third-order valence-electron chi connectivity index (χ3n) is 7.60. The van der Waals surface area contributed by atoms with Crippen molar-refractivity contribution in [1.82, 2.24) is 19.9 Å².